The Kier molecular flexibility index (Phi) is 4.96. The highest BCUT2D eigenvalue weighted by molar-refractivity contribution is 6.05. The van der Waals surface area contributed by atoms with Crippen molar-refractivity contribution in [2.75, 3.05) is 42.6 Å². The fourth-order valence-electron chi connectivity index (χ4n) is 4.36. The Bertz CT molecular complexity index is 1320. The number of pyridine rings is 1. The van der Waals surface area contributed by atoms with Crippen molar-refractivity contribution >= 4 is 39.8 Å². The smallest absolute Gasteiger partial charge is 0.341 e. The van der Waals surface area contributed by atoms with Gasteiger partial charge >= 0.3 is 5.97 Å². The number of hydrogen-bond donors (Lipinski definition) is 0. The molecule has 1 aromatic carbocycles. The van der Waals surface area contributed by atoms with Gasteiger partial charge in [0.2, 0.25) is 0 Å². The summed E-state index contributed by atoms with van der Waals surface area (Å²) in [6.45, 7) is 8.96. The van der Waals surface area contributed by atoms with E-state index < -0.39 is 0 Å². The van der Waals surface area contributed by atoms with E-state index in [0.29, 0.717) is 31.3 Å². The first-order valence-corrected chi connectivity index (χ1v) is 10.8. The van der Waals surface area contributed by atoms with Gasteiger partial charge in [-0.2, -0.15) is 10.1 Å². The largest absolute Gasteiger partial charge is 0.462 e. The monoisotopic (exact) mass is 434 g/mol. The first kappa shape index (κ1) is 20.3. The molecule has 0 bridgehead atoms. The van der Waals surface area contributed by atoms with Gasteiger partial charge in [0.25, 0.3) is 6.01 Å². The van der Waals surface area contributed by atoms with Crippen LogP contribution in [0.3, 0.4) is 0 Å². The molecule has 1 aliphatic heterocycles. The van der Waals surface area contributed by atoms with Crippen LogP contribution in [0.5, 0.6) is 0 Å². The Labute approximate surface area is 185 Å². The second-order valence-corrected chi connectivity index (χ2v) is 8.09. The zero-order chi connectivity index (χ0) is 22.4. The molecule has 0 aliphatic carbocycles. The summed E-state index contributed by atoms with van der Waals surface area (Å²) in [5, 5.41) is 5.42. The number of rotatable bonds is 4. The number of piperazine rings is 1. The van der Waals surface area contributed by atoms with Crippen molar-refractivity contribution in [3.05, 3.63) is 41.2 Å². The summed E-state index contributed by atoms with van der Waals surface area (Å²) in [7, 11) is 1.86. The number of aryl methyl sites for hydroxylation is 3. The minimum atomic E-state index is -0.364. The first-order valence-electron chi connectivity index (χ1n) is 10.8. The van der Waals surface area contributed by atoms with Crippen LogP contribution in [-0.4, -0.2) is 58.5 Å². The third-order valence-corrected chi connectivity index (χ3v) is 5.89. The minimum absolute atomic E-state index is 0.313. The number of oxazole rings is 1. The van der Waals surface area contributed by atoms with Crippen LogP contribution in [0.15, 0.2) is 28.8 Å². The number of anilines is 2. The first-order chi connectivity index (χ1) is 15.5. The van der Waals surface area contributed by atoms with Gasteiger partial charge in [0.05, 0.1) is 23.4 Å². The third kappa shape index (κ3) is 3.34. The zero-order valence-electron chi connectivity index (χ0n) is 18.8. The molecular weight excluding hydrogens is 408 g/mol. The van der Waals surface area contributed by atoms with Crippen LogP contribution in [0.4, 0.5) is 11.7 Å². The molecule has 4 heterocycles. The van der Waals surface area contributed by atoms with E-state index in [1.807, 2.05) is 39.1 Å². The van der Waals surface area contributed by atoms with Crippen molar-refractivity contribution in [1.29, 1.82) is 0 Å². The van der Waals surface area contributed by atoms with Crippen molar-refractivity contribution in [3.8, 4) is 0 Å². The molecule has 1 saturated heterocycles. The van der Waals surface area contributed by atoms with Gasteiger partial charge in [0.15, 0.2) is 11.2 Å². The summed E-state index contributed by atoms with van der Waals surface area (Å²) < 4.78 is 13.1. The van der Waals surface area contributed by atoms with E-state index in [9.17, 15) is 4.79 Å². The molecule has 1 aliphatic rings. The number of carbonyl (C=O) groups excluding carboxylic acids is 1. The van der Waals surface area contributed by atoms with Crippen molar-refractivity contribution < 1.29 is 13.9 Å². The quantitative estimate of drug-likeness (QED) is 0.452. The van der Waals surface area contributed by atoms with Crippen molar-refractivity contribution in [3.63, 3.8) is 0 Å². The molecule has 166 valence electrons. The van der Waals surface area contributed by atoms with Crippen LogP contribution < -0.4 is 9.80 Å². The summed E-state index contributed by atoms with van der Waals surface area (Å²) in [4.78, 5) is 26.3. The maximum absolute atomic E-state index is 12.7. The van der Waals surface area contributed by atoms with Gasteiger partial charge in [-0.05, 0) is 38.5 Å². The molecule has 9 nitrogen and oxygen atoms in total. The number of nitrogens with zero attached hydrogens (tertiary/aromatic N) is 6. The lowest BCUT2D eigenvalue weighted by Crippen LogP contribution is -2.47. The van der Waals surface area contributed by atoms with Crippen LogP contribution >= 0.6 is 0 Å². The van der Waals surface area contributed by atoms with E-state index in [0.717, 1.165) is 52.2 Å². The SMILES string of the molecule is CCOC(=O)c1cnc2c(c(C)nn2C)c1N1CCN(c2nc3cc(C)ccc3o2)CC1. The highest BCUT2D eigenvalue weighted by atomic mass is 16.5. The molecule has 0 spiro atoms. The molecule has 0 N–H and O–H groups in total. The Morgan fingerprint density at radius 1 is 1.16 bits per heavy atom. The van der Waals surface area contributed by atoms with Crippen molar-refractivity contribution in [1.82, 2.24) is 19.7 Å². The molecule has 0 atom stereocenters. The van der Waals surface area contributed by atoms with Gasteiger partial charge in [0, 0.05) is 39.4 Å². The van der Waals surface area contributed by atoms with Crippen LogP contribution in [0.25, 0.3) is 22.1 Å². The summed E-state index contributed by atoms with van der Waals surface area (Å²) in [5.41, 5.74) is 5.72. The number of fused-ring (bicyclic) bond motifs is 2. The maximum atomic E-state index is 12.7. The standard InChI is InChI=1S/C23H26N6O3/c1-5-31-22(30)16-13-24-21-19(15(3)26-27(21)4)20(16)28-8-10-29(11-9-28)23-25-17-12-14(2)6-7-18(17)32-23/h6-7,12-13H,5,8-11H2,1-4H3. The zero-order valence-corrected chi connectivity index (χ0v) is 18.8. The average Bonchev–Trinajstić information content (AvgIpc) is 3.33. The van der Waals surface area contributed by atoms with Crippen molar-refractivity contribution in [2.45, 2.75) is 20.8 Å². The molecule has 3 aromatic heterocycles. The second-order valence-electron chi connectivity index (χ2n) is 8.09. The van der Waals surface area contributed by atoms with Crippen LogP contribution in [0.2, 0.25) is 0 Å². The van der Waals surface area contributed by atoms with Gasteiger partial charge in [-0.3, -0.25) is 4.68 Å². The lowest BCUT2D eigenvalue weighted by molar-refractivity contribution is 0.0526. The summed E-state index contributed by atoms with van der Waals surface area (Å²) in [6, 6.07) is 6.65. The van der Waals surface area contributed by atoms with E-state index in [2.05, 4.69) is 24.9 Å². The van der Waals surface area contributed by atoms with Crippen molar-refractivity contribution in [2.24, 2.45) is 7.05 Å². The second kappa shape index (κ2) is 7.81. The molecule has 0 saturated carbocycles. The highest BCUT2D eigenvalue weighted by Gasteiger charge is 2.28. The molecule has 4 aromatic rings. The predicted octanol–water partition coefficient (Wildman–Crippen LogP) is 3.23. The molecule has 0 unspecified atom stereocenters. The van der Waals surface area contributed by atoms with E-state index >= 15 is 0 Å². The fourth-order valence-corrected chi connectivity index (χ4v) is 4.36. The van der Waals surface area contributed by atoms with E-state index in [4.69, 9.17) is 9.15 Å². The molecule has 1 fully saturated rings. The molecule has 5 rings (SSSR count). The fraction of sp³-hybridized carbons (Fsp3) is 0.391. The van der Waals surface area contributed by atoms with E-state index in [1.165, 1.54) is 0 Å². The number of ether oxygens (including phenoxy) is 1. The Morgan fingerprint density at radius 3 is 2.66 bits per heavy atom. The Morgan fingerprint density at radius 2 is 1.91 bits per heavy atom. The lowest BCUT2D eigenvalue weighted by Gasteiger charge is -2.36. The minimum Gasteiger partial charge on any atom is -0.462 e. The number of carbonyl (C=O) groups is 1. The van der Waals surface area contributed by atoms with Gasteiger partial charge in [-0.1, -0.05) is 6.07 Å². The molecule has 9 heteroatoms. The van der Waals surface area contributed by atoms with Gasteiger partial charge in [-0.15, -0.1) is 0 Å². The Balaban J connectivity index is 1.47. The topological polar surface area (TPSA) is 89.5 Å². The molecule has 0 radical (unpaired) electrons. The maximum Gasteiger partial charge on any atom is 0.341 e. The van der Waals surface area contributed by atoms with E-state index in [1.54, 1.807) is 17.8 Å². The molecule has 32 heavy (non-hydrogen) atoms. The molecule has 0 amide bonds. The molecular formula is C23H26N6O3. The van der Waals surface area contributed by atoms with Gasteiger partial charge < -0.3 is 19.0 Å². The third-order valence-electron chi connectivity index (χ3n) is 5.89. The Hall–Kier alpha value is -3.62. The van der Waals surface area contributed by atoms with Gasteiger partial charge in [0.1, 0.15) is 11.1 Å². The van der Waals surface area contributed by atoms with E-state index in [-0.39, 0.29) is 5.97 Å². The van der Waals surface area contributed by atoms with Crippen LogP contribution in [0.1, 0.15) is 28.5 Å². The summed E-state index contributed by atoms with van der Waals surface area (Å²) >= 11 is 0. The summed E-state index contributed by atoms with van der Waals surface area (Å²) in [5.74, 6) is -0.364. The summed E-state index contributed by atoms with van der Waals surface area (Å²) in [6.07, 6.45) is 1.60. The van der Waals surface area contributed by atoms with Crippen LogP contribution in [-0.2, 0) is 11.8 Å². The highest BCUT2D eigenvalue weighted by Crippen LogP contribution is 2.34. The number of benzene rings is 1. The lowest BCUT2D eigenvalue weighted by atomic mass is 10.1. The number of esters is 1. The number of hydrogen-bond acceptors (Lipinski definition) is 8. The van der Waals surface area contributed by atoms with Gasteiger partial charge in [-0.25, -0.2) is 9.78 Å². The normalized spacial score (nSPS) is 14.5. The van der Waals surface area contributed by atoms with Crippen LogP contribution in [0, 0.1) is 13.8 Å². The number of aromatic nitrogens is 4. The predicted molar refractivity (Wildman–Crippen MR) is 122 cm³/mol. The average molecular weight is 435 g/mol.